The van der Waals surface area contributed by atoms with Gasteiger partial charge in [-0.2, -0.15) is 4.99 Å². The Morgan fingerprint density at radius 1 is 0.771 bits per heavy atom. The first kappa shape index (κ1) is 30.0. The normalized spacial score (nSPS) is 15.7. The van der Waals surface area contributed by atoms with E-state index >= 15 is 0 Å². The second kappa shape index (κ2) is 16.6. The predicted molar refractivity (Wildman–Crippen MR) is 146 cm³/mol. The number of amides is 2. The highest BCUT2D eigenvalue weighted by atomic mass is 16.2. The molecule has 0 aliphatic carbocycles. The van der Waals surface area contributed by atoms with Crippen molar-refractivity contribution < 1.29 is 9.59 Å². The van der Waals surface area contributed by atoms with Crippen LogP contribution in [0.25, 0.3) is 0 Å². The number of carbonyl (C=O) groups excluding carboxylic acids is 2. The van der Waals surface area contributed by atoms with Gasteiger partial charge >= 0.3 is 6.03 Å². The maximum Gasteiger partial charge on any atom is 0.321 e. The first-order chi connectivity index (χ1) is 16.4. The lowest BCUT2D eigenvalue weighted by atomic mass is 10.1. The fourth-order valence-corrected chi connectivity index (χ4v) is 3.57. The molecule has 2 amide bonds. The third-order valence-corrected chi connectivity index (χ3v) is 5.88. The van der Waals surface area contributed by atoms with Crippen LogP contribution in [-0.2, 0) is 4.79 Å². The minimum atomic E-state index is 0. The SMILES string of the molecule is C.CN1CCCCC1.Cc1ccc(N=C=O)cc1.Cc1ccc(NC(=O)N2CCN(C)CC2)cc1. The van der Waals surface area contributed by atoms with Crippen LogP contribution in [0.2, 0.25) is 0 Å². The fraction of sp³-hybridized carbons (Fsp3) is 0.500. The van der Waals surface area contributed by atoms with Gasteiger partial charge in [0.1, 0.15) is 0 Å². The van der Waals surface area contributed by atoms with Crippen molar-refractivity contribution in [1.82, 2.24) is 14.7 Å². The molecule has 0 aromatic heterocycles. The van der Waals surface area contributed by atoms with Crippen LogP contribution in [0.1, 0.15) is 37.8 Å². The summed E-state index contributed by atoms with van der Waals surface area (Å²) in [6.07, 6.45) is 5.75. The topological polar surface area (TPSA) is 68.2 Å². The minimum Gasteiger partial charge on any atom is -0.322 e. The molecule has 7 heteroatoms. The van der Waals surface area contributed by atoms with E-state index in [-0.39, 0.29) is 13.5 Å². The number of anilines is 1. The van der Waals surface area contributed by atoms with Gasteiger partial charge in [0, 0.05) is 31.9 Å². The molecule has 192 valence electrons. The number of piperazine rings is 1. The number of likely N-dealkylation sites (tertiary alicyclic amines) is 1. The zero-order valence-corrected chi connectivity index (χ0v) is 21.1. The van der Waals surface area contributed by atoms with Crippen molar-refractivity contribution in [2.24, 2.45) is 4.99 Å². The van der Waals surface area contributed by atoms with Crippen LogP contribution in [0.5, 0.6) is 0 Å². The summed E-state index contributed by atoms with van der Waals surface area (Å²) in [6, 6.07) is 15.2. The van der Waals surface area contributed by atoms with Crippen molar-refractivity contribution in [3.05, 3.63) is 59.7 Å². The molecule has 0 radical (unpaired) electrons. The van der Waals surface area contributed by atoms with Crippen LogP contribution in [0, 0.1) is 13.8 Å². The van der Waals surface area contributed by atoms with E-state index in [1.54, 1.807) is 12.1 Å². The van der Waals surface area contributed by atoms with Gasteiger partial charge in [-0.3, -0.25) is 0 Å². The third-order valence-electron chi connectivity index (χ3n) is 5.88. The number of nitrogens with one attached hydrogen (secondary N) is 1. The Balaban J connectivity index is 0.000000289. The van der Waals surface area contributed by atoms with Gasteiger partial charge in [-0.25, -0.2) is 9.59 Å². The first-order valence-electron chi connectivity index (χ1n) is 12.0. The lowest BCUT2D eigenvalue weighted by Gasteiger charge is -2.32. The highest BCUT2D eigenvalue weighted by Gasteiger charge is 2.18. The molecule has 2 aromatic carbocycles. The van der Waals surface area contributed by atoms with E-state index in [4.69, 9.17) is 0 Å². The number of hydrogen-bond acceptors (Lipinski definition) is 5. The Morgan fingerprint density at radius 2 is 1.26 bits per heavy atom. The molecule has 2 aliphatic heterocycles. The largest absolute Gasteiger partial charge is 0.322 e. The van der Waals surface area contributed by atoms with Crippen LogP contribution in [0.15, 0.2) is 53.5 Å². The zero-order chi connectivity index (χ0) is 24.8. The van der Waals surface area contributed by atoms with Gasteiger partial charge in [0.25, 0.3) is 0 Å². The van der Waals surface area contributed by atoms with Crippen LogP contribution in [-0.4, -0.2) is 80.2 Å². The average molecular weight is 482 g/mol. The number of urea groups is 1. The Labute approximate surface area is 211 Å². The number of rotatable bonds is 2. The van der Waals surface area contributed by atoms with E-state index < -0.39 is 0 Å². The summed E-state index contributed by atoms with van der Waals surface area (Å²) in [7, 11) is 4.27. The number of benzene rings is 2. The molecular formula is C28H43N5O2. The number of nitrogens with zero attached hydrogens (tertiary/aromatic N) is 4. The van der Waals surface area contributed by atoms with Crippen LogP contribution in [0.4, 0.5) is 16.2 Å². The maximum atomic E-state index is 12.0. The summed E-state index contributed by atoms with van der Waals surface area (Å²) in [4.78, 5) is 31.7. The summed E-state index contributed by atoms with van der Waals surface area (Å²) in [5, 5.41) is 2.92. The molecule has 1 N–H and O–H groups in total. The quantitative estimate of drug-likeness (QED) is 0.456. The Morgan fingerprint density at radius 3 is 1.71 bits per heavy atom. The zero-order valence-electron chi connectivity index (χ0n) is 21.1. The van der Waals surface area contributed by atoms with Crippen molar-refractivity contribution in [2.75, 3.05) is 58.7 Å². The van der Waals surface area contributed by atoms with Crippen molar-refractivity contribution in [3.8, 4) is 0 Å². The highest BCUT2D eigenvalue weighted by molar-refractivity contribution is 5.89. The summed E-state index contributed by atoms with van der Waals surface area (Å²) in [5.41, 5.74) is 3.87. The Bertz CT molecular complexity index is 894. The molecule has 2 saturated heterocycles. The van der Waals surface area contributed by atoms with Gasteiger partial charge in [0.2, 0.25) is 6.08 Å². The second-order valence-electron chi connectivity index (χ2n) is 8.99. The lowest BCUT2D eigenvalue weighted by Crippen LogP contribution is -2.48. The standard InChI is InChI=1S/C13H19N3O.C8H7NO.C6H13N.CH4/c1-11-3-5-12(6-4-11)14-13(17)16-9-7-15(2)8-10-16;1-7-2-4-8(5-3-7)9-6-10;1-7-5-3-2-4-6-7;/h3-6H,7-10H2,1-2H3,(H,14,17);2-5H,1H3;2-6H2,1H3;1H4. The number of carbonyl (C=O) groups is 1. The highest BCUT2D eigenvalue weighted by Crippen LogP contribution is 2.11. The van der Waals surface area contributed by atoms with Crippen LogP contribution >= 0.6 is 0 Å². The van der Waals surface area contributed by atoms with Crippen LogP contribution < -0.4 is 5.32 Å². The first-order valence-corrected chi connectivity index (χ1v) is 12.0. The summed E-state index contributed by atoms with van der Waals surface area (Å²) in [6.45, 7) is 10.1. The van der Waals surface area contributed by atoms with Gasteiger partial charge in [0.05, 0.1) is 5.69 Å². The molecule has 2 aromatic rings. The van der Waals surface area contributed by atoms with E-state index in [1.165, 1.54) is 44.0 Å². The van der Waals surface area contributed by atoms with E-state index in [2.05, 4.69) is 34.2 Å². The van der Waals surface area contributed by atoms with E-state index in [9.17, 15) is 9.59 Å². The Hall–Kier alpha value is -2.99. The summed E-state index contributed by atoms with van der Waals surface area (Å²) in [5.74, 6) is 0. The van der Waals surface area contributed by atoms with Gasteiger partial charge < -0.3 is 20.0 Å². The fourth-order valence-electron chi connectivity index (χ4n) is 3.57. The van der Waals surface area contributed by atoms with Crippen molar-refractivity contribution >= 4 is 23.5 Å². The van der Waals surface area contributed by atoms with Gasteiger partial charge in [-0.15, -0.1) is 0 Å². The number of aryl methyl sites for hydroxylation is 2. The van der Waals surface area contributed by atoms with E-state index in [0.717, 1.165) is 37.4 Å². The molecule has 0 spiro atoms. The van der Waals surface area contributed by atoms with Gasteiger partial charge in [0.15, 0.2) is 0 Å². The molecule has 0 saturated carbocycles. The minimum absolute atomic E-state index is 0. The molecule has 4 rings (SSSR count). The molecule has 2 aliphatic rings. The third kappa shape index (κ3) is 12.3. The lowest BCUT2D eigenvalue weighted by molar-refractivity contribution is 0.164. The van der Waals surface area contributed by atoms with Gasteiger partial charge in [-0.05, 0) is 78.1 Å². The number of isocyanates is 1. The predicted octanol–water partition coefficient (Wildman–Crippen LogP) is 5.47. The van der Waals surface area contributed by atoms with E-state index in [0.29, 0.717) is 5.69 Å². The average Bonchev–Trinajstić information content (AvgIpc) is 2.84. The van der Waals surface area contributed by atoms with Gasteiger partial charge in [-0.1, -0.05) is 49.2 Å². The maximum absolute atomic E-state index is 12.0. The molecule has 0 unspecified atom stereocenters. The molecule has 2 fully saturated rings. The number of likely N-dealkylation sites (N-methyl/N-ethyl adjacent to an activating group) is 1. The van der Waals surface area contributed by atoms with Crippen molar-refractivity contribution in [3.63, 3.8) is 0 Å². The Kier molecular flexibility index (Phi) is 14.3. The smallest absolute Gasteiger partial charge is 0.321 e. The second-order valence-corrected chi connectivity index (χ2v) is 8.99. The molecule has 7 nitrogen and oxygen atoms in total. The number of piperidine rings is 1. The molecule has 35 heavy (non-hydrogen) atoms. The summed E-state index contributed by atoms with van der Waals surface area (Å²) < 4.78 is 0. The van der Waals surface area contributed by atoms with Crippen molar-refractivity contribution in [2.45, 2.75) is 40.5 Å². The number of aliphatic imine (C=N–C) groups is 1. The molecule has 0 atom stereocenters. The monoisotopic (exact) mass is 481 g/mol. The summed E-state index contributed by atoms with van der Waals surface area (Å²) >= 11 is 0. The van der Waals surface area contributed by atoms with Crippen molar-refractivity contribution in [1.29, 1.82) is 0 Å². The van der Waals surface area contributed by atoms with E-state index in [1.807, 2.05) is 55.1 Å². The molecule has 0 bridgehead atoms. The number of hydrogen-bond donors (Lipinski definition) is 1. The molecular weight excluding hydrogens is 438 g/mol. The molecule has 2 heterocycles. The van der Waals surface area contributed by atoms with Crippen LogP contribution in [0.3, 0.4) is 0 Å².